The summed E-state index contributed by atoms with van der Waals surface area (Å²) >= 11 is 0. The van der Waals surface area contributed by atoms with Crippen LogP contribution >= 0.6 is 0 Å². The molecule has 0 spiro atoms. The number of hydrogen-bond donors (Lipinski definition) is 1. The van der Waals surface area contributed by atoms with Crippen LogP contribution < -0.4 is 5.32 Å². The Hall–Kier alpha value is -0.120. The van der Waals surface area contributed by atoms with Gasteiger partial charge in [0.1, 0.15) is 0 Å². The van der Waals surface area contributed by atoms with Crippen LogP contribution in [0.2, 0.25) is 0 Å². The zero-order valence-corrected chi connectivity index (χ0v) is 9.97. The van der Waals surface area contributed by atoms with Crippen molar-refractivity contribution >= 4 is 0 Å². The lowest BCUT2D eigenvalue weighted by Gasteiger charge is -2.52. The van der Waals surface area contributed by atoms with Crippen LogP contribution in [0.5, 0.6) is 0 Å². The first-order valence-corrected chi connectivity index (χ1v) is 6.02. The third-order valence-electron chi connectivity index (χ3n) is 4.08. The number of hydrogen-bond acceptors (Lipinski definition) is 3. The van der Waals surface area contributed by atoms with E-state index in [1.165, 1.54) is 25.7 Å². The van der Waals surface area contributed by atoms with Crippen LogP contribution in [0, 0.1) is 5.41 Å². The molecule has 3 heteroatoms. The van der Waals surface area contributed by atoms with Crippen molar-refractivity contribution in [3.8, 4) is 0 Å². The minimum Gasteiger partial charge on any atom is -0.383 e. The molecular weight excluding hydrogens is 190 g/mol. The van der Waals surface area contributed by atoms with E-state index in [9.17, 15) is 0 Å². The van der Waals surface area contributed by atoms with Gasteiger partial charge < -0.3 is 14.8 Å². The van der Waals surface area contributed by atoms with Crippen molar-refractivity contribution in [1.82, 2.24) is 5.32 Å². The second-order valence-corrected chi connectivity index (χ2v) is 5.41. The average Bonchev–Trinajstić information content (AvgIpc) is 2.27. The van der Waals surface area contributed by atoms with Gasteiger partial charge in [0, 0.05) is 25.6 Å². The summed E-state index contributed by atoms with van der Waals surface area (Å²) in [5.74, 6) is 0. The van der Waals surface area contributed by atoms with Gasteiger partial charge in [0.05, 0.1) is 18.8 Å². The SMILES string of the molecule is COCCNCC12CCC(C)(CC1)OC2. The minimum atomic E-state index is 0.203. The first kappa shape index (κ1) is 11.4. The molecule has 3 rings (SSSR count). The normalized spacial score (nSPS) is 39.6. The third kappa shape index (κ3) is 2.52. The van der Waals surface area contributed by atoms with Crippen molar-refractivity contribution in [2.24, 2.45) is 5.41 Å². The molecule has 0 aromatic rings. The molecule has 2 saturated heterocycles. The number of ether oxygens (including phenoxy) is 2. The van der Waals surface area contributed by atoms with Gasteiger partial charge in [-0.05, 0) is 32.6 Å². The fraction of sp³-hybridized carbons (Fsp3) is 1.00. The predicted octanol–water partition coefficient (Wildman–Crippen LogP) is 1.57. The highest BCUT2D eigenvalue weighted by molar-refractivity contribution is 4.98. The van der Waals surface area contributed by atoms with Gasteiger partial charge >= 0.3 is 0 Å². The molecule has 2 aliphatic heterocycles. The van der Waals surface area contributed by atoms with Crippen LogP contribution in [0.3, 0.4) is 0 Å². The van der Waals surface area contributed by atoms with Gasteiger partial charge in [-0.1, -0.05) is 0 Å². The molecule has 1 saturated carbocycles. The van der Waals surface area contributed by atoms with Crippen LogP contribution in [-0.4, -0.2) is 39.0 Å². The molecule has 3 aliphatic rings. The standard InChI is InChI=1S/C12H23NO2/c1-11-3-5-12(6-4-11,10-15-11)9-13-7-8-14-2/h13H,3-10H2,1-2H3. The molecule has 0 amide bonds. The molecule has 1 aliphatic carbocycles. The van der Waals surface area contributed by atoms with E-state index in [4.69, 9.17) is 9.47 Å². The summed E-state index contributed by atoms with van der Waals surface area (Å²) in [5, 5.41) is 3.48. The summed E-state index contributed by atoms with van der Waals surface area (Å²) in [5.41, 5.74) is 0.625. The second-order valence-electron chi connectivity index (χ2n) is 5.41. The van der Waals surface area contributed by atoms with E-state index in [-0.39, 0.29) is 5.60 Å². The molecule has 0 radical (unpaired) electrons. The van der Waals surface area contributed by atoms with Gasteiger partial charge in [0.15, 0.2) is 0 Å². The maximum atomic E-state index is 5.95. The average molecular weight is 213 g/mol. The summed E-state index contributed by atoms with van der Waals surface area (Å²) in [6.45, 7) is 6.05. The van der Waals surface area contributed by atoms with Crippen molar-refractivity contribution in [3.63, 3.8) is 0 Å². The smallest absolute Gasteiger partial charge is 0.0655 e. The lowest BCUT2D eigenvalue weighted by Crippen LogP contribution is -2.53. The van der Waals surface area contributed by atoms with E-state index >= 15 is 0 Å². The van der Waals surface area contributed by atoms with E-state index in [1.807, 2.05) is 0 Å². The topological polar surface area (TPSA) is 30.5 Å². The van der Waals surface area contributed by atoms with Crippen LogP contribution in [0.15, 0.2) is 0 Å². The zero-order chi connectivity index (χ0) is 10.8. The zero-order valence-electron chi connectivity index (χ0n) is 9.97. The molecule has 0 aromatic carbocycles. The Morgan fingerprint density at radius 3 is 2.53 bits per heavy atom. The molecular formula is C12H23NO2. The van der Waals surface area contributed by atoms with Crippen molar-refractivity contribution in [1.29, 1.82) is 0 Å². The lowest BCUT2D eigenvalue weighted by molar-refractivity contribution is -0.172. The first-order valence-electron chi connectivity index (χ1n) is 6.02. The summed E-state index contributed by atoms with van der Waals surface area (Å²) in [6, 6.07) is 0. The van der Waals surface area contributed by atoms with E-state index < -0.39 is 0 Å². The number of nitrogens with one attached hydrogen (secondary N) is 1. The van der Waals surface area contributed by atoms with Gasteiger partial charge in [0.2, 0.25) is 0 Å². The number of methoxy groups -OCH3 is 1. The highest BCUT2D eigenvalue weighted by Gasteiger charge is 2.46. The Kier molecular flexibility index (Phi) is 3.33. The maximum Gasteiger partial charge on any atom is 0.0655 e. The van der Waals surface area contributed by atoms with Crippen molar-refractivity contribution < 1.29 is 9.47 Å². The van der Waals surface area contributed by atoms with E-state index in [2.05, 4.69) is 12.2 Å². The van der Waals surface area contributed by atoms with E-state index in [0.717, 1.165) is 26.3 Å². The Bertz CT molecular complexity index is 193. The van der Waals surface area contributed by atoms with Gasteiger partial charge in [-0.25, -0.2) is 0 Å². The molecule has 15 heavy (non-hydrogen) atoms. The van der Waals surface area contributed by atoms with E-state index in [1.54, 1.807) is 7.11 Å². The lowest BCUT2D eigenvalue weighted by atomic mass is 9.66. The molecule has 0 atom stereocenters. The monoisotopic (exact) mass is 213 g/mol. The molecule has 0 aromatic heterocycles. The molecule has 3 nitrogen and oxygen atoms in total. The number of fused-ring (bicyclic) bond motifs is 3. The second kappa shape index (κ2) is 4.40. The first-order chi connectivity index (χ1) is 7.18. The van der Waals surface area contributed by atoms with Gasteiger partial charge in [-0.2, -0.15) is 0 Å². The van der Waals surface area contributed by atoms with Crippen molar-refractivity contribution in [2.75, 3.05) is 33.4 Å². The van der Waals surface area contributed by atoms with E-state index in [0.29, 0.717) is 5.41 Å². The molecule has 2 heterocycles. The van der Waals surface area contributed by atoms with Gasteiger partial charge in [-0.3, -0.25) is 0 Å². The predicted molar refractivity (Wildman–Crippen MR) is 60.0 cm³/mol. The number of rotatable bonds is 5. The molecule has 0 unspecified atom stereocenters. The highest BCUT2D eigenvalue weighted by Crippen LogP contribution is 2.48. The Balaban J connectivity index is 1.77. The highest BCUT2D eigenvalue weighted by atomic mass is 16.5. The maximum absolute atomic E-state index is 5.95. The van der Waals surface area contributed by atoms with Crippen LogP contribution in [0.4, 0.5) is 0 Å². The quantitative estimate of drug-likeness (QED) is 0.703. The fourth-order valence-corrected chi connectivity index (χ4v) is 2.68. The summed E-state index contributed by atoms with van der Waals surface area (Å²) < 4.78 is 11.0. The molecule has 3 fully saturated rings. The Labute approximate surface area is 92.5 Å². The summed E-state index contributed by atoms with van der Waals surface area (Å²) in [4.78, 5) is 0. The van der Waals surface area contributed by atoms with Crippen molar-refractivity contribution in [3.05, 3.63) is 0 Å². The molecule has 2 bridgehead atoms. The summed E-state index contributed by atoms with van der Waals surface area (Å²) in [7, 11) is 1.75. The fourth-order valence-electron chi connectivity index (χ4n) is 2.68. The minimum absolute atomic E-state index is 0.203. The van der Waals surface area contributed by atoms with Crippen molar-refractivity contribution in [2.45, 2.75) is 38.2 Å². The van der Waals surface area contributed by atoms with Crippen LogP contribution in [0.1, 0.15) is 32.6 Å². The van der Waals surface area contributed by atoms with Crippen LogP contribution in [-0.2, 0) is 9.47 Å². The third-order valence-corrected chi connectivity index (χ3v) is 4.08. The molecule has 1 N–H and O–H groups in total. The summed E-state index contributed by atoms with van der Waals surface area (Å²) in [6.07, 6.45) is 5.12. The Morgan fingerprint density at radius 2 is 2.00 bits per heavy atom. The largest absolute Gasteiger partial charge is 0.383 e. The Morgan fingerprint density at radius 1 is 1.27 bits per heavy atom. The molecule has 88 valence electrons. The van der Waals surface area contributed by atoms with Gasteiger partial charge in [0.25, 0.3) is 0 Å². The van der Waals surface area contributed by atoms with Crippen LogP contribution in [0.25, 0.3) is 0 Å². The van der Waals surface area contributed by atoms with Gasteiger partial charge in [-0.15, -0.1) is 0 Å².